The van der Waals surface area contributed by atoms with Crippen molar-refractivity contribution in [3.63, 3.8) is 0 Å². The Labute approximate surface area is 172 Å². The van der Waals surface area contributed by atoms with Gasteiger partial charge in [0, 0.05) is 57.3 Å². The molecule has 0 aliphatic carbocycles. The van der Waals surface area contributed by atoms with E-state index in [1.807, 2.05) is 51.4 Å². The second-order valence-corrected chi connectivity index (χ2v) is 7.81. The van der Waals surface area contributed by atoms with Gasteiger partial charge in [0.1, 0.15) is 0 Å². The molecule has 0 radical (unpaired) electrons. The van der Waals surface area contributed by atoms with E-state index in [-0.39, 0.29) is 6.04 Å². The molecule has 7 heteroatoms. The summed E-state index contributed by atoms with van der Waals surface area (Å²) in [4.78, 5) is 29.6. The first-order chi connectivity index (χ1) is 13.9. The fraction of sp³-hybridized carbons (Fsp3) is 0.455. The van der Waals surface area contributed by atoms with Crippen molar-refractivity contribution in [3.8, 4) is 0 Å². The molecule has 0 saturated carbocycles. The first kappa shape index (κ1) is 21.1. The number of rotatable bonds is 5. The minimum atomic E-state index is -0.636. The molecule has 29 heavy (non-hydrogen) atoms. The summed E-state index contributed by atoms with van der Waals surface area (Å²) in [7, 11) is 4.13. The van der Waals surface area contributed by atoms with Crippen molar-refractivity contribution in [2.75, 3.05) is 45.1 Å². The van der Waals surface area contributed by atoms with Crippen molar-refractivity contribution in [2.24, 2.45) is 7.05 Å². The number of nitrogens with one attached hydrogen (secondary N) is 2. The Morgan fingerprint density at radius 1 is 1.00 bits per heavy atom. The molecule has 1 aliphatic rings. The van der Waals surface area contributed by atoms with E-state index < -0.39 is 11.8 Å². The largest absolute Gasteiger partial charge is 0.353 e. The number of amides is 2. The van der Waals surface area contributed by atoms with Crippen molar-refractivity contribution in [3.05, 3.63) is 53.3 Å². The van der Waals surface area contributed by atoms with Gasteiger partial charge in [0.15, 0.2) is 0 Å². The lowest BCUT2D eigenvalue weighted by molar-refractivity contribution is -0.136. The smallest absolute Gasteiger partial charge is 0.313 e. The third kappa shape index (κ3) is 5.05. The number of carbonyl (C=O) groups excluding carboxylic acids is 2. The molecule has 1 fully saturated rings. The van der Waals surface area contributed by atoms with Crippen molar-refractivity contribution in [1.82, 2.24) is 19.7 Å². The van der Waals surface area contributed by atoms with E-state index in [1.165, 1.54) is 0 Å². The molecule has 2 heterocycles. The highest BCUT2D eigenvalue weighted by Crippen LogP contribution is 2.22. The zero-order valence-electron chi connectivity index (χ0n) is 17.7. The fourth-order valence-corrected chi connectivity index (χ4v) is 3.71. The lowest BCUT2D eigenvalue weighted by atomic mass is 10.1. The average molecular weight is 398 g/mol. The summed E-state index contributed by atoms with van der Waals surface area (Å²) in [5, 5.41) is 5.57. The van der Waals surface area contributed by atoms with Crippen molar-refractivity contribution in [2.45, 2.75) is 19.9 Å². The Kier molecular flexibility index (Phi) is 6.71. The fourth-order valence-electron chi connectivity index (χ4n) is 3.71. The van der Waals surface area contributed by atoms with E-state index in [9.17, 15) is 9.59 Å². The van der Waals surface area contributed by atoms with E-state index in [4.69, 9.17) is 0 Å². The van der Waals surface area contributed by atoms with Gasteiger partial charge in [-0.25, -0.2) is 0 Å². The van der Waals surface area contributed by atoms with Gasteiger partial charge >= 0.3 is 11.8 Å². The highest BCUT2D eigenvalue weighted by molar-refractivity contribution is 6.39. The van der Waals surface area contributed by atoms with E-state index >= 15 is 0 Å². The maximum absolute atomic E-state index is 12.5. The first-order valence-corrected chi connectivity index (χ1v) is 10.1. The van der Waals surface area contributed by atoms with Crippen LogP contribution in [0.4, 0.5) is 5.69 Å². The summed E-state index contributed by atoms with van der Waals surface area (Å²) in [5.41, 5.74) is 3.84. The molecule has 2 aromatic rings. The first-order valence-electron chi connectivity index (χ1n) is 10.1. The number of aryl methyl sites for hydroxylation is 2. The molecule has 1 saturated heterocycles. The number of likely N-dealkylation sites (N-methyl/N-ethyl adjacent to an activating group) is 1. The van der Waals surface area contributed by atoms with Crippen LogP contribution in [0.15, 0.2) is 36.5 Å². The van der Waals surface area contributed by atoms with Gasteiger partial charge in [-0.05, 0) is 50.2 Å². The normalized spacial score (nSPS) is 16.4. The number of anilines is 1. The van der Waals surface area contributed by atoms with Crippen molar-refractivity contribution < 1.29 is 9.59 Å². The lowest BCUT2D eigenvalue weighted by Crippen LogP contribution is -2.49. The maximum Gasteiger partial charge on any atom is 0.313 e. The molecule has 1 atom stereocenters. The summed E-state index contributed by atoms with van der Waals surface area (Å²) < 4.78 is 2.07. The second kappa shape index (κ2) is 9.24. The summed E-state index contributed by atoms with van der Waals surface area (Å²) in [6.07, 6.45) is 2.01. The maximum atomic E-state index is 12.5. The predicted molar refractivity (Wildman–Crippen MR) is 115 cm³/mol. The summed E-state index contributed by atoms with van der Waals surface area (Å²) in [6, 6.07) is 9.77. The van der Waals surface area contributed by atoms with Gasteiger partial charge in [-0.2, -0.15) is 0 Å². The molecule has 3 rings (SSSR count). The summed E-state index contributed by atoms with van der Waals surface area (Å²) >= 11 is 0. The Morgan fingerprint density at radius 3 is 2.38 bits per heavy atom. The zero-order chi connectivity index (χ0) is 21.0. The van der Waals surface area contributed by atoms with Gasteiger partial charge in [-0.3, -0.25) is 14.5 Å². The third-order valence-corrected chi connectivity index (χ3v) is 5.82. The SMILES string of the molecule is Cc1cccc(NC(=O)C(=O)NCC(c2cccn2C)N2CCN(C)CC2)c1C. The molecule has 1 aromatic carbocycles. The minimum Gasteiger partial charge on any atom is -0.353 e. The van der Waals surface area contributed by atoms with E-state index in [0.717, 1.165) is 43.0 Å². The number of benzene rings is 1. The number of piperazine rings is 1. The van der Waals surface area contributed by atoms with Gasteiger partial charge in [0.25, 0.3) is 0 Å². The van der Waals surface area contributed by atoms with Crippen LogP contribution in [-0.2, 0) is 16.6 Å². The van der Waals surface area contributed by atoms with E-state index in [0.29, 0.717) is 12.2 Å². The van der Waals surface area contributed by atoms with Crippen LogP contribution in [0.1, 0.15) is 22.9 Å². The summed E-state index contributed by atoms with van der Waals surface area (Å²) in [6.45, 7) is 8.13. The Morgan fingerprint density at radius 2 is 1.72 bits per heavy atom. The molecule has 2 amide bonds. The van der Waals surface area contributed by atoms with Crippen LogP contribution in [0.5, 0.6) is 0 Å². The number of nitrogens with zero attached hydrogens (tertiary/aromatic N) is 3. The highest BCUT2D eigenvalue weighted by atomic mass is 16.2. The molecule has 1 unspecified atom stereocenters. The third-order valence-electron chi connectivity index (χ3n) is 5.82. The van der Waals surface area contributed by atoms with Gasteiger partial charge < -0.3 is 20.1 Å². The van der Waals surface area contributed by atoms with Crippen LogP contribution in [-0.4, -0.2) is 66.0 Å². The van der Waals surface area contributed by atoms with Gasteiger partial charge in [-0.15, -0.1) is 0 Å². The molecule has 156 valence electrons. The van der Waals surface area contributed by atoms with Crippen LogP contribution >= 0.6 is 0 Å². The van der Waals surface area contributed by atoms with Crippen LogP contribution in [0.25, 0.3) is 0 Å². The van der Waals surface area contributed by atoms with Crippen molar-refractivity contribution in [1.29, 1.82) is 0 Å². The van der Waals surface area contributed by atoms with E-state index in [1.54, 1.807) is 0 Å². The molecule has 1 aromatic heterocycles. The number of carbonyl (C=O) groups is 2. The summed E-state index contributed by atoms with van der Waals surface area (Å²) in [5.74, 6) is -1.25. The highest BCUT2D eigenvalue weighted by Gasteiger charge is 2.27. The van der Waals surface area contributed by atoms with Gasteiger partial charge in [-0.1, -0.05) is 12.1 Å². The Balaban J connectivity index is 1.65. The zero-order valence-corrected chi connectivity index (χ0v) is 17.7. The molecular formula is C22H31N5O2. The van der Waals surface area contributed by atoms with Crippen LogP contribution in [0.2, 0.25) is 0 Å². The number of aromatic nitrogens is 1. The van der Waals surface area contributed by atoms with Crippen LogP contribution in [0.3, 0.4) is 0 Å². The molecular weight excluding hydrogens is 366 g/mol. The monoisotopic (exact) mass is 397 g/mol. The van der Waals surface area contributed by atoms with Crippen LogP contribution in [0, 0.1) is 13.8 Å². The Hall–Kier alpha value is -2.64. The number of hydrogen-bond acceptors (Lipinski definition) is 4. The molecule has 1 aliphatic heterocycles. The molecule has 2 N–H and O–H groups in total. The average Bonchev–Trinajstić information content (AvgIpc) is 3.12. The van der Waals surface area contributed by atoms with Crippen LogP contribution < -0.4 is 10.6 Å². The standard InChI is InChI=1S/C22H31N5O2/c1-16-7-5-8-18(17(16)2)24-22(29)21(28)23-15-20(19-9-6-10-26(19)4)27-13-11-25(3)12-14-27/h5-10,20H,11-15H2,1-4H3,(H,23,28)(H,24,29). The van der Waals surface area contributed by atoms with Crippen molar-refractivity contribution >= 4 is 17.5 Å². The second-order valence-electron chi connectivity index (χ2n) is 7.81. The molecule has 0 bridgehead atoms. The quantitative estimate of drug-likeness (QED) is 0.754. The van der Waals surface area contributed by atoms with Gasteiger partial charge in [0.2, 0.25) is 0 Å². The lowest BCUT2D eigenvalue weighted by Gasteiger charge is -2.38. The molecule has 0 spiro atoms. The minimum absolute atomic E-state index is 0.0288. The predicted octanol–water partition coefficient (Wildman–Crippen LogP) is 1.69. The topological polar surface area (TPSA) is 69.6 Å². The van der Waals surface area contributed by atoms with Gasteiger partial charge in [0.05, 0.1) is 6.04 Å². The van der Waals surface area contributed by atoms with E-state index in [2.05, 4.69) is 38.1 Å². The number of hydrogen-bond donors (Lipinski definition) is 2. The Bertz CT molecular complexity index is 868. The molecule has 7 nitrogen and oxygen atoms in total.